The number of nitrogens with one attached hydrogen (secondary N) is 2. The van der Waals surface area contributed by atoms with Gasteiger partial charge in [-0.05, 0) is 18.9 Å². The maximum Gasteiger partial charge on any atom is 0.253 e. The number of aromatic nitrogens is 1. The second kappa shape index (κ2) is 8.76. The highest BCUT2D eigenvalue weighted by molar-refractivity contribution is 6.33. The maximum absolute atomic E-state index is 12.2. The largest absolute Gasteiger partial charge is 0.349 e. The monoisotopic (exact) mass is 298 g/mol. The van der Waals surface area contributed by atoms with E-state index in [1.807, 2.05) is 0 Å². The fourth-order valence-electron chi connectivity index (χ4n) is 2.02. The van der Waals surface area contributed by atoms with Crippen LogP contribution in [-0.4, -0.2) is 16.9 Å². The van der Waals surface area contributed by atoms with Crippen LogP contribution in [0.15, 0.2) is 12.3 Å². The molecule has 1 heterocycles. The fraction of sp³-hybridized carbons (Fsp3) is 0.571. The molecule has 5 nitrogen and oxygen atoms in total. The van der Waals surface area contributed by atoms with Gasteiger partial charge in [-0.25, -0.2) is 10.8 Å². The van der Waals surface area contributed by atoms with E-state index in [-0.39, 0.29) is 11.9 Å². The molecule has 1 rings (SSSR count). The van der Waals surface area contributed by atoms with E-state index in [9.17, 15) is 4.79 Å². The van der Waals surface area contributed by atoms with E-state index in [0.29, 0.717) is 16.4 Å². The topological polar surface area (TPSA) is 80.0 Å². The van der Waals surface area contributed by atoms with Gasteiger partial charge < -0.3 is 10.7 Å². The number of hydrogen-bond donors (Lipinski definition) is 3. The van der Waals surface area contributed by atoms with E-state index in [0.717, 1.165) is 32.1 Å². The first kappa shape index (κ1) is 16.7. The Morgan fingerprint density at radius 1 is 1.40 bits per heavy atom. The third-order valence-electron chi connectivity index (χ3n) is 3.12. The Morgan fingerprint density at radius 3 is 2.70 bits per heavy atom. The summed E-state index contributed by atoms with van der Waals surface area (Å²) in [6.07, 6.45) is 6.73. The molecule has 1 atom stereocenters. The Labute approximate surface area is 125 Å². The van der Waals surface area contributed by atoms with Crippen LogP contribution in [-0.2, 0) is 0 Å². The zero-order valence-electron chi connectivity index (χ0n) is 12.1. The van der Waals surface area contributed by atoms with Gasteiger partial charge in [0, 0.05) is 12.2 Å². The van der Waals surface area contributed by atoms with Gasteiger partial charge in [0.15, 0.2) is 5.82 Å². The number of nitrogens with two attached hydrogens (primary N) is 1. The number of anilines is 1. The summed E-state index contributed by atoms with van der Waals surface area (Å²) in [5.74, 6) is 5.47. The number of carbonyl (C=O) groups is 1. The lowest BCUT2D eigenvalue weighted by atomic mass is 10.0. The number of halogens is 1. The Balaban J connectivity index is 2.70. The standard InChI is InChI=1S/C14H23ClN4O/c1-3-5-7-11(6-4-2)18-14(20)10-8-12(15)13(19-16)17-9-10/h8-9,11H,3-7,16H2,1-2H3,(H,17,19)(H,18,20). The van der Waals surface area contributed by atoms with Crippen LogP contribution in [0.25, 0.3) is 0 Å². The number of hydrogen-bond acceptors (Lipinski definition) is 4. The molecule has 1 aromatic rings. The van der Waals surface area contributed by atoms with E-state index >= 15 is 0 Å². The second-order valence-electron chi connectivity index (χ2n) is 4.80. The van der Waals surface area contributed by atoms with Gasteiger partial charge in [0.2, 0.25) is 0 Å². The zero-order valence-corrected chi connectivity index (χ0v) is 12.8. The van der Waals surface area contributed by atoms with Gasteiger partial charge in [-0.1, -0.05) is 44.7 Å². The average molecular weight is 299 g/mol. The number of rotatable bonds is 8. The summed E-state index contributed by atoms with van der Waals surface area (Å²) in [4.78, 5) is 16.2. The molecule has 0 saturated heterocycles. The van der Waals surface area contributed by atoms with E-state index in [1.165, 1.54) is 6.20 Å². The summed E-state index contributed by atoms with van der Waals surface area (Å²) in [5.41, 5.74) is 2.83. The number of pyridine rings is 1. The highest BCUT2D eigenvalue weighted by Crippen LogP contribution is 2.19. The predicted octanol–water partition coefficient (Wildman–Crippen LogP) is 3.11. The van der Waals surface area contributed by atoms with Gasteiger partial charge in [-0.3, -0.25) is 4.79 Å². The van der Waals surface area contributed by atoms with Crippen LogP contribution in [0.1, 0.15) is 56.3 Å². The van der Waals surface area contributed by atoms with Crippen LogP contribution in [0.3, 0.4) is 0 Å². The van der Waals surface area contributed by atoms with Crippen molar-refractivity contribution in [3.8, 4) is 0 Å². The molecule has 0 radical (unpaired) electrons. The normalized spacial score (nSPS) is 12.0. The quantitative estimate of drug-likeness (QED) is 0.509. The van der Waals surface area contributed by atoms with Crippen molar-refractivity contribution in [3.63, 3.8) is 0 Å². The van der Waals surface area contributed by atoms with Crippen molar-refractivity contribution >= 4 is 23.3 Å². The summed E-state index contributed by atoms with van der Waals surface area (Å²) in [5, 5.41) is 3.38. The SMILES string of the molecule is CCCCC(CCC)NC(=O)c1cnc(NN)c(Cl)c1. The lowest BCUT2D eigenvalue weighted by Crippen LogP contribution is -2.34. The zero-order chi connectivity index (χ0) is 15.0. The molecule has 0 fully saturated rings. The van der Waals surface area contributed by atoms with Crippen LogP contribution in [0.4, 0.5) is 5.82 Å². The minimum Gasteiger partial charge on any atom is -0.349 e. The highest BCUT2D eigenvalue weighted by Gasteiger charge is 2.14. The summed E-state index contributed by atoms with van der Waals surface area (Å²) >= 11 is 5.97. The molecule has 0 bridgehead atoms. The third kappa shape index (κ3) is 4.98. The van der Waals surface area contributed by atoms with E-state index in [4.69, 9.17) is 17.4 Å². The molecule has 1 aromatic heterocycles. The smallest absolute Gasteiger partial charge is 0.253 e. The number of nitrogen functional groups attached to an aromatic ring is 1. The minimum absolute atomic E-state index is 0.141. The van der Waals surface area contributed by atoms with Crippen LogP contribution in [0, 0.1) is 0 Å². The molecule has 1 amide bonds. The number of unbranched alkanes of at least 4 members (excludes halogenated alkanes) is 1. The van der Waals surface area contributed by atoms with Crippen LogP contribution in [0.2, 0.25) is 5.02 Å². The van der Waals surface area contributed by atoms with Gasteiger partial charge in [0.25, 0.3) is 5.91 Å². The van der Waals surface area contributed by atoms with Gasteiger partial charge in [-0.2, -0.15) is 0 Å². The van der Waals surface area contributed by atoms with E-state index in [1.54, 1.807) is 6.07 Å². The van der Waals surface area contributed by atoms with E-state index < -0.39 is 0 Å². The molecule has 0 spiro atoms. The summed E-state index contributed by atoms with van der Waals surface area (Å²) in [6.45, 7) is 4.26. The molecular formula is C14H23ClN4O. The Hall–Kier alpha value is -1.33. The first-order valence-electron chi connectivity index (χ1n) is 7.05. The number of nitrogens with zero attached hydrogens (tertiary/aromatic N) is 1. The van der Waals surface area contributed by atoms with Crippen molar-refractivity contribution in [2.75, 3.05) is 5.43 Å². The number of carbonyl (C=O) groups excluding carboxylic acids is 1. The molecule has 0 saturated carbocycles. The number of amides is 1. The molecule has 6 heteroatoms. The molecule has 0 aliphatic rings. The predicted molar refractivity (Wildman–Crippen MR) is 82.7 cm³/mol. The van der Waals surface area contributed by atoms with Gasteiger partial charge in [0.1, 0.15) is 0 Å². The van der Waals surface area contributed by atoms with Crippen molar-refractivity contribution in [2.45, 2.75) is 52.0 Å². The number of hydrazine groups is 1. The third-order valence-corrected chi connectivity index (χ3v) is 3.41. The van der Waals surface area contributed by atoms with E-state index in [2.05, 4.69) is 29.6 Å². The highest BCUT2D eigenvalue weighted by atomic mass is 35.5. The lowest BCUT2D eigenvalue weighted by Gasteiger charge is -2.18. The minimum atomic E-state index is -0.141. The van der Waals surface area contributed by atoms with Crippen molar-refractivity contribution in [3.05, 3.63) is 22.8 Å². The molecule has 0 aromatic carbocycles. The fourth-order valence-corrected chi connectivity index (χ4v) is 2.25. The second-order valence-corrected chi connectivity index (χ2v) is 5.21. The molecule has 1 unspecified atom stereocenters. The van der Waals surface area contributed by atoms with Crippen LogP contribution < -0.4 is 16.6 Å². The van der Waals surface area contributed by atoms with Crippen molar-refractivity contribution < 1.29 is 4.79 Å². The average Bonchev–Trinajstić information content (AvgIpc) is 2.44. The molecule has 20 heavy (non-hydrogen) atoms. The van der Waals surface area contributed by atoms with Crippen molar-refractivity contribution in [1.29, 1.82) is 0 Å². The molecule has 0 aliphatic carbocycles. The first-order chi connectivity index (χ1) is 9.62. The Kier molecular flexibility index (Phi) is 7.33. The van der Waals surface area contributed by atoms with Crippen molar-refractivity contribution in [2.24, 2.45) is 5.84 Å². The van der Waals surface area contributed by atoms with Gasteiger partial charge >= 0.3 is 0 Å². The molecular weight excluding hydrogens is 276 g/mol. The lowest BCUT2D eigenvalue weighted by molar-refractivity contribution is 0.0932. The molecule has 112 valence electrons. The summed E-state index contributed by atoms with van der Waals surface area (Å²) in [6, 6.07) is 1.78. The van der Waals surface area contributed by atoms with Gasteiger partial charge in [0.05, 0.1) is 10.6 Å². The Bertz CT molecular complexity index is 439. The van der Waals surface area contributed by atoms with Gasteiger partial charge in [-0.15, -0.1) is 0 Å². The van der Waals surface area contributed by atoms with Crippen LogP contribution in [0.5, 0.6) is 0 Å². The Morgan fingerprint density at radius 2 is 2.15 bits per heavy atom. The molecule has 4 N–H and O–H groups in total. The molecule has 0 aliphatic heterocycles. The van der Waals surface area contributed by atoms with Crippen LogP contribution >= 0.6 is 11.6 Å². The summed E-state index contributed by atoms with van der Waals surface area (Å²) < 4.78 is 0. The van der Waals surface area contributed by atoms with Crippen molar-refractivity contribution in [1.82, 2.24) is 10.3 Å². The summed E-state index contributed by atoms with van der Waals surface area (Å²) in [7, 11) is 0. The maximum atomic E-state index is 12.2. The first-order valence-corrected chi connectivity index (χ1v) is 7.43.